The van der Waals surface area contributed by atoms with E-state index in [4.69, 9.17) is 0 Å². The van der Waals surface area contributed by atoms with Gasteiger partial charge >= 0.3 is 0 Å². The minimum absolute atomic E-state index is 0.193. The summed E-state index contributed by atoms with van der Waals surface area (Å²) < 4.78 is 14.6. The van der Waals surface area contributed by atoms with Crippen molar-refractivity contribution in [2.24, 2.45) is 7.05 Å². The highest BCUT2D eigenvalue weighted by Gasteiger charge is 2.04. The van der Waals surface area contributed by atoms with Crippen molar-refractivity contribution >= 4 is 0 Å². The van der Waals surface area contributed by atoms with E-state index in [0.717, 1.165) is 18.5 Å². The number of hydrogen-bond donors (Lipinski definition) is 1. The molecule has 2 aromatic rings. The SMILES string of the molecule is C[C@@H](NCCc1cnn(C)c1)c1ccc(F)cc1. The molecule has 0 spiro atoms. The number of benzene rings is 1. The fraction of sp³-hybridized carbons (Fsp3) is 0.357. The van der Waals surface area contributed by atoms with Gasteiger partial charge < -0.3 is 5.32 Å². The molecule has 0 aliphatic carbocycles. The van der Waals surface area contributed by atoms with E-state index >= 15 is 0 Å². The number of nitrogens with one attached hydrogen (secondary N) is 1. The van der Waals surface area contributed by atoms with E-state index in [0.29, 0.717) is 0 Å². The molecule has 0 fully saturated rings. The zero-order chi connectivity index (χ0) is 13.0. The van der Waals surface area contributed by atoms with Crippen LogP contribution in [0.1, 0.15) is 24.1 Å². The molecule has 2 rings (SSSR count). The van der Waals surface area contributed by atoms with Gasteiger partial charge in [-0.15, -0.1) is 0 Å². The molecule has 0 amide bonds. The topological polar surface area (TPSA) is 29.9 Å². The Labute approximate surface area is 107 Å². The highest BCUT2D eigenvalue weighted by molar-refractivity contribution is 5.19. The summed E-state index contributed by atoms with van der Waals surface area (Å²) in [7, 11) is 1.91. The molecule has 0 saturated carbocycles. The molecule has 1 aromatic carbocycles. The van der Waals surface area contributed by atoms with Gasteiger partial charge in [0.1, 0.15) is 5.82 Å². The van der Waals surface area contributed by atoms with Crippen molar-refractivity contribution in [1.82, 2.24) is 15.1 Å². The lowest BCUT2D eigenvalue weighted by atomic mass is 10.1. The van der Waals surface area contributed by atoms with Crippen LogP contribution in [-0.4, -0.2) is 16.3 Å². The molecule has 0 aliphatic heterocycles. The van der Waals surface area contributed by atoms with Crippen LogP contribution >= 0.6 is 0 Å². The molecule has 1 heterocycles. The molecule has 1 aromatic heterocycles. The van der Waals surface area contributed by atoms with Crippen molar-refractivity contribution < 1.29 is 4.39 Å². The lowest BCUT2D eigenvalue weighted by molar-refractivity contribution is 0.573. The monoisotopic (exact) mass is 247 g/mol. The summed E-state index contributed by atoms with van der Waals surface area (Å²) in [6.45, 7) is 2.96. The minimum Gasteiger partial charge on any atom is -0.310 e. The largest absolute Gasteiger partial charge is 0.310 e. The minimum atomic E-state index is -0.193. The second-order valence-corrected chi connectivity index (χ2v) is 4.50. The van der Waals surface area contributed by atoms with E-state index in [9.17, 15) is 4.39 Å². The first-order valence-electron chi connectivity index (χ1n) is 6.11. The molecule has 1 atom stereocenters. The predicted octanol–water partition coefficient (Wildman–Crippen LogP) is 2.45. The van der Waals surface area contributed by atoms with Crippen LogP contribution < -0.4 is 5.32 Å². The smallest absolute Gasteiger partial charge is 0.123 e. The van der Waals surface area contributed by atoms with Crippen molar-refractivity contribution in [3.05, 3.63) is 53.6 Å². The molecule has 0 radical (unpaired) electrons. The Morgan fingerprint density at radius 2 is 2.06 bits per heavy atom. The number of rotatable bonds is 5. The summed E-state index contributed by atoms with van der Waals surface area (Å²) in [6, 6.07) is 6.85. The lowest BCUT2D eigenvalue weighted by Crippen LogP contribution is -2.21. The molecule has 3 nitrogen and oxygen atoms in total. The number of halogens is 1. The maximum atomic E-state index is 12.8. The van der Waals surface area contributed by atoms with Gasteiger partial charge in [0.25, 0.3) is 0 Å². The van der Waals surface area contributed by atoms with Crippen LogP contribution in [-0.2, 0) is 13.5 Å². The van der Waals surface area contributed by atoms with Crippen LogP contribution in [0.5, 0.6) is 0 Å². The highest BCUT2D eigenvalue weighted by Crippen LogP contribution is 2.12. The van der Waals surface area contributed by atoms with E-state index in [1.54, 1.807) is 4.68 Å². The van der Waals surface area contributed by atoms with Gasteiger partial charge in [0.05, 0.1) is 6.20 Å². The molecule has 0 aliphatic rings. The van der Waals surface area contributed by atoms with Crippen LogP contribution in [0.25, 0.3) is 0 Å². The quantitative estimate of drug-likeness (QED) is 0.879. The maximum absolute atomic E-state index is 12.8. The summed E-state index contributed by atoms with van der Waals surface area (Å²) in [6.07, 6.45) is 4.84. The van der Waals surface area contributed by atoms with Gasteiger partial charge in [-0.05, 0) is 43.1 Å². The first-order valence-corrected chi connectivity index (χ1v) is 6.11. The molecule has 18 heavy (non-hydrogen) atoms. The van der Waals surface area contributed by atoms with Crippen molar-refractivity contribution in [3.8, 4) is 0 Å². The van der Waals surface area contributed by atoms with Crippen LogP contribution in [0, 0.1) is 5.82 Å². The lowest BCUT2D eigenvalue weighted by Gasteiger charge is -2.13. The molecule has 0 unspecified atom stereocenters. The van der Waals surface area contributed by atoms with Gasteiger partial charge in [0, 0.05) is 19.3 Å². The summed E-state index contributed by atoms with van der Waals surface area (Å²) in [5.41, 5.74) is 2.32. The molecule has 0 bridgehead atoms. The molecule has 4 heteroatoms. The van der Waals surface area contributed by atoms with E-state index in [2.05, 4.69) is 17.3 Å². The third-order valence-corrected chi connectivity index (χ3v) is 2.99. The average molecular weight is 247 g/mol. The third kappa shape index (κ3) is 3.40. The van der Waals surface area contributed by atoms with Gasteiger partial charge in [-0.1, -0.05) is 12.1 Å². The Bertz CT molecular complexity index is 490. The number of nitrogens with zero attached hydrogens (tertiary/aromatic N) is 2. The number of aryl methyl sites for hydroxylation is 1. The van der Waals surface area contributed by atoms with Gasteiger partial charge in [-0.2, -0.15) is 5.10 Å². The zero-order valence-electron chi connectivity index (χ0n) is 10.7. The van der Waals surface area contributed by atoms with Crippen molar-refractivity contribution in [2.75, 3.05) is 6.54 Å². The van der Waals surface area contributed by atoms with E-state index in [1.807, 2.05) is 31.6 Å². The fourth-order valence-corrected chi connectivity index (χ4v) is 1.90. The first kappa shape index (κ1) is 12.8. The Morgan fingerprint density at radius 3 is 2.67 bits per heavy atom. The molecule has 1 N–H and O–H groups in total. The average Bonchev–Trinajstić information content (AvgIpc) is 2.76. The van der Waals surface area contributed by atoms with Gasteiger partial charge in [-0.25, -0.2) is 4.39 Å². The predicted molar refractivity (Wildman–Crippen MR) is 69.7 cm³/mol. The molecule has 0 saturated heterocycles. The Balaban J connectivity index is 1.81. The van der Waals surface area contributed by atoms with Gasteiger partial charge in [-0.3, -0.25) is 4.68 Å². The van der Waals surface area contributed by atoms with Gasteiger partial charge in [0.2, 0.25) is 0 Å². The standard InChI is InChI=1S/C14H18FN3/c1-11(13-3-5-14(15)6-4-13)16-8-7-12-9-17-18(2)10-12/h3-6,9-11,16H,7-8H2,1-2H3/t11-/m1/s1. The number of aromatic nitrogens is 2. The van der Waals surface area contributed by atoms with Crippen LogP contribution in [0.3, 0.4) is 0 Å². The summed E-state index contributed by atoms with van der Waals surface area (Å²) >= 11 is 0. The molecular weight excluding hydrogens is 229 g/mol. The van der Waals surface area contributed by atoms with Crippen LogP contribution in [0.4, 0.5) is 4.39 Å². The zero-order valence-corrected chi connectivity index (χ0v) is 10.7. The normalized spacial score (nSPS) is 12.6. The van der Waals surface area contributed by atoms with Crippen LogP contribution in [0.15, 0.2) is 36.7 Å². The van der Waals surface area contributed by atoms with E-state index < -0.39 is 0 Å². The third-order valence-electron chi connectivity index (χ3n) is 2.99. The Morgan fingerprint density at radius 1 is 1.33 bits per heavy atom. The van der Waals surface area contributed by atoms with Gasteiger partial charge in [0.15, 0.2) is 0 Å². The van der Waals surface area contributed by atoms with Crippen molar-refractivity contribution in [2.45, 2.75) is 19.4 Å². The van der Waals surface area contributed by atoms with Crippen molar-refractivity contribution in [1.29, 1.82) is 0 Å². The first-order chi connectivity index (χ1) is 8.65. The van der Waals surface area contributed by atoms with E-state index in [1.165, 1.54) is 17.7 Å². The van der Waals surface area contributed by atoms with Crippen LogP contribution in [0.2, 0.25) is 0 Å². The molecule has 96 valence electrons. The summed E-state index contributed by atoms with van der Waals surface area (Å²) in [5.74, 6) is -0.193. The summed E-state index contributed by atoms with van der Waals surface area (Å²) in [5, 5.41) is 7.55. The molecular formula is C14H18FN3. The summed E-state index contributed by atoms with van der Waals surface area (Å²) in [4.78, 5) is 0. The maximum Gasteiger partial charge on any atom is 0.123 e. The Hall–Kier alpha value is -1.68. The fourth-order valence-electron chi connectivity index (χ4n) is 1.90. The second kappa shape index (κ2) is 5.78. The van der Waals surface area contributed by atoms with Crippen molar-refractivity contribution in [3.63, 3.8) is 0 Å². The second-order valence-electron chi connectivity index (χ2n) is 4.50. The van der Waals surface area contributed by atoms with E-state index in [-0.39, 0.29) is 11.9 Å². The highest BCUT2D eigenvalue weighted by atomic mass is 19.1. The Kier molecular flexibility index (Phi) is 4.10. The number of hydrogen-bond acceptors (Lipinski definition) is 2.